The van der Waals surface area contributed by atoms with Crippen molar-refractivity contribution < 1.29 is 14.3 Å². The van der Waals surface area contributed by atoms with Gasteiger partial charge >= 0.3 is 5.97 Å². The molecule has 0 amide bonds. The molecule has 4 rings (SSSR count). The van der Waals surface area contributed by atoms with Crippen LogP contribution in [0.4, 0.5) is 4.39 Å². The minimum Gasteiger partial charge on any atom is -0.481 e. The number of hydrogen-bond donors (Lipinski definition) is 1. The zero-order valence-corrected chi connectivity index (χ0v) is 16.3. The van der Waals surface area contributed by atoms with Crippen molar-refractivity contribution in [3.05, 3.63) is 77.6 Å². The van der Waals surface area contributed by atoms with Gasteiger partial charge in [-0.15, -0.1) is 11.8 Å². The van der Waals surface area contributed by atoms with Crippen LogP contribution >= 0.6 is 11.8 Å². The third-order valence-corrected chi connectivity index (χ3v) is 5.73. The van der Waals surface area contributed by atoms with E-state index in [1.165, 1.54) is 12.1 Å². The predicted molar refractivity (Wildman–Crippen MR) is 113 cm³/mol. The molecule has 0 bridgehead atoms. The van der Waals surface area contributed by atoms with E-state index in [2.05, 4.69) is 23.6 Å². The number of aliphatic carboxylic acids is 1. The van der Waals surface area contributed by atoms with Gasteiger partial charge in [0.1, 0.15) is 5.82 Å². The van der Waals surface area contributed by atoms with Crippen molar-refractivity contribution in [2.75, 3.05) is 5.75 Å². The topological polar surface area (TPSA) is 42.2 Å². The Morgan fingerprint density at radius 1 is 1.04 bits per heavy atom. The van der Waals surface area contributed by atoms with Crippen LogP contribution in [0.1, 0.15) is 18.1 Å². The van der Waals surface area contributed by atoms with Gasteiger partial charge in [-0.05, 0) is 47.2 Å². The van der Waals surface area contributed by atoms with Crippen LogP contribution in [0.2, 0.25) is 0 Å². The van der Waals surface area contributed by atoms with Crippen molar-refractivity contribution in [3.8, 4) is 0 Å². The highest BCUT2D eigenvalue weighted by molar-refractivity contribution is 7.99. The summed E-state index contributed by atoms with van der Waals surface area (Å²) in [6, 6.07) is 18.7. The summed E-state index contributed by atoms with van der Waals surface area (Å²) in [5.74, 6) is -0.187. The van der Waals surface area contributed by atoms with E-state index in [0.29, 0.717) is 6.54 Å². The van der Waals surface area contributed by atoms with Gasteiger partial charge in [0.05, 0.1) is 11.9 Å². The van der Waals surface area contributed by atoms with Gasteiger partial charge in [-0.25, -0.2) is 4.39 Å². The summed E-state index contributed by atoms with van der Waals surface area (Å²) in [5, 5.41) is 11.6. The molecule has 1 N–H and O–H groups in total. The number of hydrogen-bond acceptors (Lipinski definition) is 2. The number of aromatic nitrogens is 1. The molecule has 0 saturated carbocycles. The minimum absolute atomic E-state index is 0.00864. The van der Waals surface area contributed by atoms with E-state index in [-0.39, 0.29) is 12.2 Å². The molecule has 3 aromatic carbocycles. The SMILES string of the molecule is CCSc1cc(CC(=O)O)cc2c1c1ccccc1n2Cc1ccc(F)cc1. The monoisotopic (exact) mass is 393 g/mol. The van der Waals surface area contributed by atoms with Gasteiger partial charge < -0.3 is 9.67 Å². The zero-order valence-electron chi connectivity index (χ0n) is 15.5. The number of carbonyl (C=O) groups is 1. The maximum Gasteiger partial charge on any atom is 0.307 e. The normalized spacial score (nSPS) is 11.4. The first-order valence-corrected chi connectivity index (χ1v) is 10.2. The molecule has 0 saturated heterocycles. The summed E-state index contributed by atoms with van der Waals surface area (Å²) in [7, 11) is 0. The third kappa shape index (κ3) is 3.50. The molecule has 1 aromatic heterocycles. The molecule has 142 valence electrons. The summed E-state index contributed by atoms with van der Waals surface area (Å²) in [6.07, 6.45) is -0.00864. The van der Waals surface area contributed by atoms with E-state index >= 15 is 0 Å². The highest BCUT2D eigenvalue weighted by Gasteiger charge is 2.16. The molecule has 3 nitrogen and oxygen atoms in total. The van der Waals surface area contributed by atoms with E-state index in [1.807, 2.05) is 24.3 Å². The number of fused-ring (bicyclic) bond motifs is 3. The van der Waals surface area contributed by atoms with Crippen molar-refractivity contribution in [3.63, 3.8) is 0 Å². The van der Waals surface area contributed by atoms with Crippen LogP contribution in [0, 0.1) is 5.82 Å². The van der Waals surface area contributed by atoms with Crippen molar-refractivity contribution in [1.82, 2.24) is 4.57 Å². The molecule has 4 aromatic rings. The highest BCUT2D eigenvalue weighted by Crippen LogP contribution is 2.37. The molecule has 0 atom stereocenters. The number of halogens is 1. The number of benzene rings is 3. The number of nitrogens with zero attached hydrogens (tertiary/aromatic N) is 1. The lowest BCUT2D eigenvalue weighted by Gasteiger charge is -2.10. The Bertz CT molecular complexity index is 1160. The van der Waals surface area contributed by atoms with Crippen molar-refractivity contribution in [1.29, 1.82) is 0 Å². The number of carboxylic acids is 1. The van der Waals surface area contributed by atoms with Gasteiger partial charge in [0.2, 0.25) is 0 Å². The van der Waals surface area contributed by atoms with Crippen LogP contribution in [-0.4, -0.2) is 21.4 Å². The lowest BCUT2D eigenvalue weighted by atomic mass is 10.1. The Morgan fingerprint density at radius 2 is 1.79 bits per heavy atom. The smallest absolute Gasteiger partial charge is 0.307 e. The second-order valence-electron chi connectivity index (χ2n) is 6.72. The summed E-state index contributed by atoms with van der Waals surface area (Å²) >= 11 is 1.73. The Hall–Kier alpha value is -2.79. The average Bonchev–Trinajstić information content (AvgIpc) is 2.97. The Balaban J connectivity index is 1.98. The van der Waals surface area contributed by atoms with Gasteiger partial charge in [-0.3, -0.25) is 4.79 Å². The van der Waals surface area contributed by atoms with E-state index in [4.69, 9.17) is 0 Å². The number of rotatable bonds is 6. The van der Waals surface area contributed by atoms with Crippen LogP contribution in [-0.2, 0) is 17.8 Å². The van der Waals surface area contributed by atoms with Gasteiger partial charge in [0.15, 0.2) is 0 Å². The molecule has 5 heteroatoms. The van der Waals surface area contributed by atoms with E-state index < -0.39 is 5.97 Å². The largest absolute Gasteiger partial charge is 0.481 e. The number of thioether (sulfide) groups is 1. The van der Waals surface area contributed by atoms with Crippen LogP contribution in [0.15, 0.2) is 65.6 Å². The fourth-order valence-electron chi connectivity index (χ4n) is 3.68. The molecule has 28 heavy (non-hydrogen) atoms. The van der Waals surface area contributed by atoms with Gasteiger partial charge in [0.25, 0.3) is 0 Å². The molecule has 0 radical (unpaired) electrons. The molecule has 0 aliphatic carbocycles. The maximum absolute atomic E-state index is 13.3. The summed E-state index contributed by atoms with van der Waals surface area (Å²) in [5.41, 5.74) is 3.89. The standard InChI is InChI=1S/C23H20FNO2S/c1-2-28-21-12-16(13-22(26)27)11-20-23(21)18-5-3-4-6-19(18)25(20)14-15-7-9-17(24)10-8-15/h3-12H,2,13-14H2,1H3,(H,26,27). The first-order chi connectivity index (χ1) is 13.6. The van der Waals surface area contributed by atoms with Gasteiger partial charge in [0, 0.05) is 27.7 Å². The lowest BCUT2D eigenvalue weighted by Crippen LogP contribution is -2.03. The fourth-order valence-corrected chi connectivity index (χ4v) is 4.58. The fraction of sp³-hybridized carbons (Fsp3) is 0.174. The second-order valence-corrected chi connectivity index (χ2v) is 8.03. The van der Waals surface area contributed by atoms with Crippen molar-refractivity contribution in [2.45, 2.75) is 24.8 Å². The lowest BCUT2D eigenvalue weighted by molar-refractivity contribution is -0.136. The Morgan fingerprint density at radius 3 is 2.50 bits per heavy atom. The molecular weight excluding hydrogens is 373 g/mol. The minimum atomic E-state index is -0.840. The molecule has 0 spiro atoms. The van der Waals surface area contributed by atoms with Gasteiger partial charge in [-0.1, -0.05) is 37.3 Å². The van der Waals surface area contributed by atoms with Gasteiger partial charge in [-0.2, -0.15) is 0 Å². The molecular formula is C23H20FNO2S. The molecule has 0 aliphatic heterocycles. The van der Waals surface area contributed by atoms with Crippen molar-refractivity contribution >= 4 is 39.5 Å². The van der Waals surface area contributed by atoms with Crippen LogP contribution in [0.3, 0.4) is 0 Å². The Labute approximate surface area is 166 Å². The number of carboxylic acid groups (broad SMARTS) is 1. The molecule has 0 fully saturated rings. The molecule has 1 heterocycles. The highest BCUT2D eigenvalue weighted by atomic mass is 32.2. The first kappa shape index (κ1) is 18.6. The van der Waals surface area contributed by atoms with Crippen LogP contribution in [0.25, 0.3) is 21.8 Å². The quantitative estimate of drug-likeness (QED) is 0.426. The Kier molecular flexibility index (Phi) is 5.09. The maximum atomic E-state index is 13.3. The van der Waals surface area contributed by atoms with E-state index in [1.54, 1.807) is 23.9 Å². The molecule has 0 aliphatic rings. The average molecular weight is 393 g/mol. The molecule has 0 unspecified atom stereocenters. The predicted octanol–water partition coefficient (Wildman–Crippen LogP) is 5.72. The number of para-hydroxylation sites is 1. The second kappa shape index (κ2) is 7.68. The summed E-state index contributed by atoms with van der Waals surface area (Å²) in [6.45, 7) is 2.69. The van der Waals surface area contributed by atoms with E-state index in [9.17, 15) is 14.3 Å². The van der Waals surface area contributed by atoms with Crippen molar-refractivity contribution in [2.24, 2.45) is 0 Å². The summed E-state index contributed by atoms with van der Waals surface area (Å²) in [4.78, 5) is 12.4. The van der Waals surface area contributed by atoms with Crippen LogP contribution < -0.4 is 0 Å². The third-order valence-electron chi connectivity index (χ3n) is 4.81. The first-order valence-electron chi connectivity index (χ1n) is 9.19. The van der Waals surface area contributed by atoms with Crippen LogP contribution in [0.5, 0.6) is 0 Å². The summed E-state index contributed by atoms with van der Waals surface area (Å²) < 4.78 is 15.5. The zero-order chi connectivity index (χ0) is 19.7. The van der Waals surface area contributed by atoms with E-state index in [0.717, 1.165) is 43.6 Å².